The fraction of sp³-hybridized carbons (Fsp3) is 0.750. The number of esters is 1. The molecule has 0 aliphatic rings. The number of allylic oxidation sites excluding steroid dienone is 8. The number of phosphoric acid groups is 1. The SMILES string of the molecule is CCCC/C=C\C/C=C\CCCCCCCC(=O)NC(COP(=O)(O)OCC(O)COC(=O)CCCCCCCCC/C=C\C/C=C\CCCCCC)C(=O)O. The zero-order valence-corrected chi connectivity index (χ0v) is 35.8. The highest BCUT2D eigenvalue weighted by Gasteiger charge is 2.28. The fourth-order valence-corrected chi connectivity index (χ4v) is 6.43. The number of aliphatic hydroxyl groups excluding tert-OH is 1. The first-order valence-corrected chi connectivity index (χ1v) is 23.2. The molecule has 324 valence electrons. The van der Waals surface area contributed by atoms with Crippen LogP contribution in [0.3, 0.4) is 0 Å². The number of aliphatic hydroxyl groups is 1. The Morgan fingerprint density at radius 2 is 1.00 bits per heavy atom. The van der Waals surface area contributed by atoms with E-state index in [0.29, 0.717) is 12.8 Å². The third-order valence-corrected chi connectivity index (χ3v) is 10.0. The van der Waals surface area contributed by atoms with Crippen molar-refractivity contribution in [2.75, 3.05) is 19.8 Å². The van der Waals surface area contributed by atoms with Gasteiger partial charge in [-0.05, 0) is 70.6 Å². The second kappa shape index (κ2) is 39.3. The number of phosphoric ester groups is 1. The van der Waals surface area contributed by atoms with E-state index in [2.05, 4.69) is 67.8 Å². The lowest BCUT2D eigenvalue weighted by Gasteiger charge is -2.18. The number of unbranched alkanes of at least 4 members (excludes halogenated alkanes) is 18. The quantitative estimate of drug-likeness (QED) is 0.0202. The van der Waals surface area contributed by atoms with Crippen LogP contribution >= 0.6 is 7.82 Å². The Balaban J connectivity index is 3.93. The highest BCUT2D eigenvalue weighted by molar-refractivity contribution is 7.47. The van der Waals surface area contributed by atoms with E-state index in [0.717, 1.165) is 77.0 Å². The molecule has 11 nitrogen and oxygen atoms in total. The first kappa shape index (κ1) is 53.4. The molecule has 0 aromatic heterocycles. The summed E-state index contributed by atoms with van der Waals surface area (Å²) < 4.78 is 26.8. The van der Waals surface area contributed by atoms with Gasteiger partial charge >= 0.3 is 19.8 Å². The van der Waals surface area contributed by atoms with E-state index in [4.69, 9.17) is 13.8 Å². The molecule has 0 saturated carbocycles. The molecule has 3 unspecified atom stereocenters. The number of amides is 1. The van der Waals surface area contributed by atoms with Crippen molar-refractivity contribution in [2.45, 2.75) is 193 Å². The maximum absolute atomic E-state index is 12.3. The summed E-state index contributed by atoms with van der Waals surface area (Å²) in [6.07, 6.45) is 42.7. The highest BCUT2D eigenvalue weighted by Crippen LogP contribution is 2.43. The van der Waals surface area contributed by atoms with E-state index in [1.807, 2.05) is 0 Å². The molecule has 0 spiro atoms. The van der Waals surface area contributed by atoms with Gasteiger partial charge in [0.2, 0.25) is 5.91 Å². The number of carbonyl (C=O) groups is 3. The predicted octanol–water partition coefficient (Wildman–Crippen LogP) is 11.0. The van der Waals surface area contributed by atoms with Gasteiger partial charge in [-0.15, -0.1) is 0 Å². The van der Waals surface area contributed by atoms with Gasteiger partial charge < -0.3 is 25.2 Å². The monoisotopic (exact) mass is 812 g/mol. The number of rotatable bonds is 40. The average molecular weight is 812 g/mol. The van der Waals surface area contributed by atoms with E-state index < -0.39 is 57.6 Å². The minimum Gasteiger partial charge on any atom is -0.480 e. The number of carboxylic acids is 1. The molecule has 0 aromatic rings. The summed E-state index contributed by atoms with van der Waals surface area (Å²) in [6.45, 7) is 2.51. The van der Waals surface area contributed by atoms with Gasteiger partial charge in [0.25, 0.3) is 0 Å². The number of carbonyl (C=O) groups excluding carboxylic acids is 2. The van der Waals surface area contributed by atoms with Gasteiger partial charge in [0.15, 0.2) is 6.04 Å². The molecule has 0 bridgehead atoms. The summed E-state index contributed by atoms with van der Waals surface area (Å²) in [5.41, 5.74) is 0. The maximum atomic E-state index is 12.3. The first-order valence-electron chi connectivity index (χ1n) is 21.7. The molecular formula is C44H78NO10P. The first-order chi connectivity index (χ1) is 27.1. The number of ether oxygens (including phenoxy) is 1. The van der Waals surface area contributed by atoms with E-state index in [1.165, 1.54) is 64.2 Å². The molecule has 4 N–H and O–H groups in total. The Labute approximate surface area is 339 Å². The third-order valence-electron chi connectivity index (χ3n) is 9.09. The van der Waals surface area contributed by atoms with Gasteiger partial charge in [-0.2, -0.15) is 0 Å². The van der Waals surface area contributed by atoms with E-state index in [-0.39, 0.29) is 12.8 Å². The molecule has 0 aliphatic heterocycles. The van der Waals surface area contributed by atoms with Gasteiger partial charge in [-0.1, -0.05) is 146 Å². The lowest BCUT2D eigenvalue weighted by molar-refractivity contribution is -0.147. The average Bonchev–Trinajstić information content (AvgIpc) is 3.17. The van der Waals surface area contributed by atoms with Crippen molar-refractivity contribution >= 4 is 25.7 Å². The Morgan fingerprint density at radius 3 is 1.50 bits per heavy atom. The van der Waals surface area contributed by atoms with Gasteiger partial charge in [-0.25, -0.2) is 9.36 Å². The molecule has 0 heterocycles. The number of aliphatic carboxylic acids is 1. The third kappa shape index (κ3) is 38.3. The van der Waals surface area contributed by atoms with Crippen LogP contribution in [-0.2, 0) is 32.7 Å². The second-order valence-corrected chi connectivity index (χ2v) is 16.0. The summed E-state index contributed by atoms with van der Waals surface area (Å²) in [5.74, 6) is -2.40. The number of carboxylic acid groups (broad SMARTS) is 1. The molecule has 0 aliphatic carbocycles. The van der Waals surface area contributed by atoms with Crippen LogP contribution in [0.5, 0.6) is 0 Å². The number of hydrogen-bond acceptors (Lipinski definition) is 8. The number of hydrogen-bond donors (Lipinski definition) is 4. The van der Waals surface area contributed by atoms with Crippen LogP contribution in [-0.4, -0.2) is 64.9 Å². The maximum Gasteiger partial charge on any atom is 0.472 e. The summed E-state index contributed by atoms with van der Waals surface area (Å²) in [5, 5.41) is 21.8. The van der Waals surface area contributed by atoms with Crippen molar-refractivity contribution in [3.63, 3.8) is 0 Å². The van der Waals surface area contributed by atoms with Crippen molar-refractivity contribution in [1.82, 2.24) is 5.32 Å². The van der Waals surface area contributed by atoms with Crippen molar-refractivity contribution in [3.05, 3.63) is 48.6 Å². The zero-order valence-electron chi connectivity index (χ0n) is 34.9. The molecular weight excluding hydrogens is 733 g/mol. The standard InChI is InChI=1S/C44H78NO10P/c1-3-5-7-9-11-13-15-17-19-20-21-22-24-26-28-30-32-34-36-43(48)53-37-40(46)38-54-56(51,52)55-39-41(44(49)50)45-42(47)35-33-31-29-27-25-23-18-16-14-12-10-8-6-4-2/h10,12-13,15-16,18-20,40-41,46H,3-9,11,14,17,21-39H2,1-2H3,(H,45,47)(H,49,50)(H,51,52)/b12-10-,15-13-,18-16-,20-19-. The largest absolute Gasteiger partial charge is 0.480 e. The van der Waals surface area contributed by atoms with Crippen LogP contribution in [0, 0.1) is 0 Å². The number of nitrogens with one attached hydrogen (secondary N) is 1. The molecule has 12 heteroatoms. The molecule has 1 amide bonds. The van der Waals surface area contributed by atoms with Crippen LogP contribution in [0.1, 0.15) is 181 Å². The van der Waals surface area contributed by atoms with Crippen LogP contribution in [0.15, 0.2) is 48.6 Å². The predicted molar refractivity (Wildman–Crippen MR) is 226 cm³/mol. The lowest BCUT2D eigenvalue weighted by Crippen LogP contribution is -2.43. The molecule has 0 rings (SSSR count). The Kier molecular flexibility index (Phi) is 37.5. The van der Waals surface area contributed by atoms with E-state index in [1.54, 1.807) is 0 Å². The Hall–Kier alpha value is -2.56. The topological polar surface area (TPSA) is 169 Å². The van der Waals surface area contributed by atoms with Gasteiger partial charge in [0.1, 0.15) is 12.7 Å². The molecule has 0 radical (unpaired) electrons. The smallest absolute Gasteiger partial charge is 0.472 e. The molecule has 56 heavy (non-hydrogen) atoms. The van der Waals surface area contributed by atoms with Crippen molar-refractivity contribution in [3.8, 4) is 0 Å². The van der Waals surface area contributed by atoms with Crippen LogP contribution in [0.25, 0.3) is 0 Å². The summed E-state index contributed by atoms with van der Waals surface area (Å²) >= 11 is 0. The van der Waals surface area contributed by atoms with Gasteiger partial charge in [0.05, 0.1) is 13.2 Å². The Bertz CT molecular complexity index is 1140. The summed E-state index contributed by atoms with van der Waals surface area (Å²) in [6, 6.07) is -1.56. The van der Waals surface area contributed by atoms with Crippen molar-refractivity contribution in [1.29, 1.82) is 0 Å². The van der Waals surface area contributed by atoms with Crippen LogP contribution in [0.2, 0.25) is 0 Å². The molecule has 3 atom stereocenters. The van der Waals surface area contributed by atoms with Gasteiger partial charge in [-0.3, -0.25) is 18.6 Å². The van der Waals surface area contributed by atoms with Crippen LogP contribution in [0.4, 0.5) is 0 Å². The highest BCUT2D eigenvalue weighted by atomic mass is 31.2. The minimum atomic E-state index is -4.76. The van der Waals surface area contributed by atoms with E-state index in [9.17, 15) is 34.1 Å². The van der Waals surface area contributed by atoms with Gasteiger partial charge in [0, 0.05) is 12.8 Å². The molecule has 0 fully saturated rings. The van der Waals surface area contributed by atoms with Crippen molar-refractivity contribution < 1.29 is 47.8 Å². The summed E-state index contributed by atoms with van der Waals surface area (Å²) in [4.78, 5) is 45.9. The summed E-state index contributed by atoms with van der Waals surface area (Å²) in [7, 11) is -4.76. The van der Waals surface area contributed by atoms with Crippen LogP contribution < -0.4 is 5.32 Å². The van der Waals surface area contributed by atoms with E-state index >= 15 is 0 Å². The zero-order chi connectivity index (χ0) is 41.4. The lowest BCUT2D eigenvalue weighted by atomic mass is 10.1. The van der Waals surface area contributed by atoms with Crippen molar-refractivity contribution in [2.24, 2.45) is 0 Å². The Morgan fingerprint density at radius 1 is 0.571 bits per heavy atom. The normalized spacial score (nSPS) is 14.2. The molecule has 0 aromatic carbocycles. The minimum absolute atomic E-state index is 0.127. The second-order valence-electron chi connectivity index (χ2n) is 14.5. The fourth-order valence-electron chi connectivity index (χ4n) is 5.65. The molecule has 0 saturated heterocycles.